The number of hydrogen-bond donors (Lipinski definition) is 0. The van der Waals surface area contributed by atoms with Crippen LogP contribution in [0.15, 0.2) is 12.4 Å². The molecule has 0 aliphatic rings. The van der Waals surface area contributed by atoms with Crippen molar-refractivity contribution in [2.75, 3.05) is 0 Å². The maximum atomic E-state index is 2.47. The Kier molecular flexibility index (Phi) is 8.61. The van der Waals surface area contributed by atoms with Crippen molar-refractivity contribution in [1.82, 2.24) is 4.57 Å². The van der Waals surface area contributed by atoms with E-state index in [0.717, 1.165) is 6.42 Å². The van der Waals surface area contributed by atoms with Crippen LogP contribution in [-0.2, 0) is 19.5 Å². The molecule has 0 saturated heterocycles. The van der Waals surface area contributed by atoms with Crippen molar-refractivity contribution in [3.63, 3.8) is 0 Å². The Bertz CT molecular complexity index is 328. The van der Waals surface area contributed by atoms with Gasteiger partial charge in [0.15, 0.2) is 0 Å². The van der Waals surface area contributed by atoms with Gasteiger partial charge < -0.3 is 0 Å². The number of aromatic nitrogens is 2. The van der Waals surface area contributed by atoms with Gasteiger partial charge in [0, 0.05) is 6.42 Å². The van der Waals surface area contributed by atoms with Crippen LogP contribution < -0.4 is 4.57 Å². The Morgan fingerprint density at radius 3 is 2.26 bits per heavy atom. The molecule has 0 N–H and O–H groups in total. The number of unbranched alkanes of at least 4 members (excludes halogenated alkanes) is 6. The molecule has 0 saturated carbocycles. The molecule has 2 heteroatoms. The standard InChI is InChI=1S/C17H33N2/c1-4-7-9-10-12-14-19-16-15-18(17(19)6-3)13-11-8-5-2/h15-16H,4-14H2,1-3H3/q+1. The first kappa shape index (κ1) is 16.3. The lowest BCUT2D eigenvalue weighted by Crippen LogP contribution is -2.37. The van der Waals surface area contributed by atoms with Gasteiger partial charge in [-0.25, -0.2) is 9.13 Å². The normalized spacial score (nSPS) is 11.1. The van der Waals surface area contributed by atoms with Gasteiger partial charge in [-0.05, 0) is 25.7 Å². The van der Waals surface area contributed by atoms with Gasteiger partial charge in [0.25, 0.3) is 5.82 Å². The summed E-state index contributed by atoms with van der Waals surface area (Å²) in [6.07, 6.45) is 16.5. The van der Waals surface area contributed by atoms with Crippen molar-refractivity contribution in [3.8, 4) is 0 Å². The number of hydrogen-bond acceptors (Lipinski definition) is 0. The van der Waals surface area contributed by atoms with E-state index < -0.39 is 0 Å². The molecule has 1 aromatic heterocycles. The highest BCUT2D eigenvalue weighted by Crippen LogP contribution is 2.06. The first-order valence-corrected chi connectivity index (χ1v) is 8.40. The lowest BCUT2D eigenvalue weighted by molar-refractivity contribution is -0.704. The molecule has 0 spiro atoms. The Morgan fingerprint density at radius 1 is 0.895 bits per heavy atom. The minimum atomic E-state index is 1.15. The first-order chi connectivity index (χ1) is 9.33. The van der Waals surface area contributed by atoms with Crippen molar-refractivity contribution >= 4 is 0 Å². The fourth-order valence-corrected chi connectivity index (χ4v) is 2.73. The van der Waals surface area contributed by atoms with Crippen molar-refractivity contribution < 1.29 is 4.57 Å². The van der Waals surface area contributed by atoms with Crippen molar-refractivity contribution in [1.29, 1.82) is 0 Å². The lowest BCUT2D eigenvalue weighted by Gasteiger charge is -2.03. The van der Waals surface area contributed by atoms with Gasteiger partial charge in [0.1, 0.15) is 12.4 Å². The maximum absolute atomic E-state index is 2.47. The summed E-state index contributed by atoms with van der Waals surface area (Å²) in [7, 11) is 0. The highest BCUT2D eigenvalue weighted by atomic mass is 15.1. The molecule has 0 amide bonds. The van der Waals surface area contributed by atoms with E-state index in [0.29, 0.717) is 0 Å². The molecule has 0 aliphatic heterocycles. The van der Waals surface area contributed by atoms with Gasteiger partial charge in [-0.1, -0.05) is 46.5 Å². The van der Waals surface area contributed by atoms with Gasteiger partial charge in [0.05, 0.1) is 13.1 Å². The predicted octanol–water partition coefficient (Wildman–Crippen LogP) is 4.50. The molecule has 0 radical (unpaired) electrons. The Morgan fingerprint density at radius 2 is 1.58 bits per heavy atom. The summed E-state index contributed by atoms with van der Waals surface area (Å²) in [6, 6.07) is 0. The van der Waals surface area contributed by atoms with E-state index in [4.69, 9.17) is 0 Å². The molecule has 0 atom stereocenters. The summed E-state index contributed by atoms with van der Waals surface area (Å²) < 4.78 is 4.93. The van der Waals surface area contributed by atoms with Crippen LogP contribution in [0.1, 0.15) is 78.0 Å². The topological polar surface area (TPSA) is 8.81 Å². The third-order valence-electron chi connectivity index (χ3n) is 3.91. The lowest BCUT2D eigenvalue weighted by atomic mass is 10.1. The van der Waals surface area contributed by atoms with Gasteiger partial charge in [-0.2, -0.15) is 0 Å². The van der Waals surface area contributed by atoms with Crippen LogP contribution >= 0.6 is 0 Å². The zero-order chi connectivity index (χ0) is 13.9. The van der Waals surface area contributed by atoms with E-state index in [1.807, 2.05) is 0 Å². The van der Waals surface area contributed by atoms with Crippen LogP contribution in [0.25, 0.3) is 0 Å². The third kappa shape index (κ3) is 5.80. The molecule has 19 heavy (non-hydrogen) atoms. The molecule has 0 bridgehead atoms. The molecular weight excluding hydrogens is 232 g/mol. The Hall–Kier alpha value is -0.790. The van der Waals surface area contributed by atoms with Crippen molar-refractivity contribution in [3.05, 3.63) is 18.2 Å². The second kappa shape index (κ2) is 10.1. The molecule has 1 heterocycles. The van der Waals surface area contributed by atoms with Crippen LogP contribution in [0.2, 0.25) is 0 Å². The number of aryl methyl sites for hydroxylation is 2. The summed E-state index contributed by atoms with van der Waals surface area (Å²) in [4.78, 5) is 0. The smallest absolute Gasteiger partial charge is 0.234 e. The van der Waals surface area contributed by atoms with Gasteiger partial charge >= 0.3 is 0 Å². The minimum absolute atomic E-state index is 1.15. The van der Waals surface area contributed by atoms with E-state index in [2.05, 4.69) is 42.3 Å². The monoisotopic (exact) mass is 265 g/mol. The summed E-state index contributed by atoms with van der Waals surface area (Å²) in [5, 5.41) is 0. The number of imidazole rings is 1. The van der Waals surface area contributed by atoms with E-state index in [1.54, 1.807) is 0 Å². The number of rotatable bonds is 11. The van der Waals surface area contributed by atoms with E-state index in [9.17, 15) is 0 Å². The third-order valence-corrected chi connectivity index (χ3v) is 3.91. The Balaban J connectivity index is 2.40. The van der Waals surface area contributed by atoms with Crippen LogP contribution in [-0.4, -0.2) is 4.57 Å². The summed E-state index contributed by atoms with van der Waals surface area (Å²) in [5.74, 6) is 1.51. The maximum Gasteiger partial charge on any atom is 0.256 e. The average Bonchev–Trinajstić information content (AvgIpc) is 2.81. The van der Waals surface area contributed by atoms with Crippen molar-refractivity contribution in [2.24, 2.45) is 0 Å². The van der Waals surface area contributed by atoms with Gasteiger partial charge in [-0.15, -0.1) is 0 Å². The van der Waals surface area contributed by atoms with Crippen LogP contribution in [0.3, 0.4) is 0 Å². The summed E-state index contributed by atoms with van der Waals surface area (Å²) in [6.45, 7) is 9.22. The summed E-state index contributed by atoms with van der Waals surface area (Å²) >= 11 is 0. The second-order valence-electron chi connectivity index (χ2n) is 5.58. The van der Waals surface area contributed by atoms with Crippen molar-refractivity contribution in [2.45, 2.75) is 91.6 Å². The molecule has 1 aromatic rings. The van der Waals surface area contributed by atoms with Crippen LogP contribution in [0.5, 0.6) is 0 Å². The minimum Gasteiger partial charge on any atom is -0.234 e. The molecule has 0 unspecified atom stereocenters. The van der Waals surface area contributed by atoms with Gasteiger partial charge in [-0.3, -0.25) is 0 Å². The van der Waals surface area contributed by atoms with Gasteiger partial charge in [0.2, 0.25) is 0 Å². The van der Waals surface area contributed by atoms with Crippen LogP contribution in [0.4, 0.5) is 0 Å². The van der Waals surface area contributed by atoms with Crippen LogP contribution in [0, 0.1) is 0 Å². The zero-order valence-corrected chi connectivity index (χ0v) is 13.3. The second-order valence-corrected chi connectivity index (χ2v) is 5.58. The molecule has 2 nitrogen and oxygen atoms in total. The van der Waals surface area contributed by atoms with E-state index in [-0.39, 0.29) is 0 Å². The fraction of sp³-hybridized carbons (Fsp3) is 0.824. The quantitative estimate of drug-likeness (QED) is 0.411. The fourth-order valence-electron chi connectivity index (χ4n) is 2.73. The largest absolute Gasteiger partial charge is 0.256 e. The van der Waals surface area contributed by atoms with E-state index >= 15 is 0 Å². The molecule has 110 valence electrons. The molecular formula is C17H33N2+. The summed E-state index contributed by atoms with van der Waals surface area (Å²) in [5.41, 5.74) is 0. The number of nitrogens with zero attached hydrogens (tertiary/aromatic N) is 2. The molecule has 0 fully saturated rings. The predicted molar refractivity (Wildman–Crippen MR) is 82.3 cm³/mol. The SMILES string of the molecule is CCCCCCCn1cc[n+](CCCCC)c1CC. The zero-order valence-electron chi connectivity index (χ0n) is 13.3. The highest BCUT2D eigenvalue weighted by Gasteiger charge is 2.14. The molecule has 1 rings (SSSR count). The molecule has 0 aliphatic carbocycles. The average molecular weight is 265 g/mol. The first-order valence-electron chi connectivity index (χ1n) is 8.40. The van der Waals surface area contributed by atoms with E-state index in [1.165, 1.54) is 70.3 Å². The highest BCUT2D eigenvalue weighted by molar-refractivity contribution is 4.83. The molecule has 0 aromatic carbocycles. The Labute approximate surface area is 119 Å².